The molecule has 2 aliphatic rings. The lowest BCUT2D eigenvalue weighted by atomic mass is 9.50. The average molecular weight is 138 g/mol. The van der Waals surface area contributed by atoms with Gasteiger partial charge in [-0.3, -0.25) is 0 Å². The number of hydrogen-bond donors (Lipinski definition) is 1. The normalized spacial score (nSPS) is 32.5. The molecule has 2 fully saturated rings. The van der Waals surface area contributed by atoms with Crippen LogP contribution in [0.15, 0.2) is 12.7 Å². The Kier molecular flexibility index (Phi) is 1.06. The summed E-state index contributed by atoms with van der Waals surface area (Å²) in [7, 11) is 0. The van der Waals surface area contributed by atoms with Crippen LogP contribution in [-0.2, 0) is 0 Å². The third kappa shape index (κ3) is 0.671. The maximum atomic E-state index is 9.60. The van der Waals surface area contributed by atoms with E-state index in [1.807, 2.05) is 0 Å². The van der Waals surface area contributed by atoms with Crippen molar-refractivity contribution in [2.75, 3.05) is 0 Å². The van der Waals surface area contributed by atoms with Crippen LogP contribution in [0.2, 0.25) is 0 Å². The molecule has 0 aromatic carbocycles. The highest BCUT2D eigenvalue weighted by Gasteiger charge is 2.54. The summed E-state index contributed by atoms with van der Waals surface area (Å²) in [5.41, 5.74) is 0.0728. The van der Waals surface area contributed by atoms with E-state index in [4.69, 9.17) is 0 Å². The van der Waals surface area contributed by atoms with Gasteiger partial charge in [0.25, 0.3) is 0 Å². The van der Waals surface area contributed by atoms with E-state index in [1.165, 1.54) is 19.3 Å². The first-order valence-corrected chi connectivity index (χ1v) is 4.04. The van der Waals surface area contributed by atoms with Crippen molar-refractivity contribution in [3.63, 3.8) is 0 Å². The molecule has 10 heavy (non-hydrogen) atoms. The van der Waals surface area contributed by atoms with Crippen molar-refractivity contribution in [1.29, 1.82) is 0 Å². The van der Waals surface area contributed by atoms with E-state index < -0.39 is 5.60 Å². The second kappa shape index (κ2) is 1.65. The minimum atomic E-state index is -0.486. The molecule has 0 bridgehead atoms. The zero-order valence-electron chi connectivity index (χ0n) is 6.27. The number of rotatable bonds is 1. The molecular formula is C9H14O. The van der Waals surface area contributed by atoms with Crippen LogP contribution in [0.4, 0.5) is 0 Å². The second-order valence-electron chi connectivity index (χ2n) is 4.01. The highest BCUT2D eigenvalue weighted by Crippen LogP contribution is 2.60. The van der Waals surface area contributed by atoms with Crippen LogP contribution in [-0.4, -0.2) is 10.7 Å². The van der Waals surface area contributed by atoms with E-state index >= 15 is 0 Å². The maximum absolute atomic E-state index is 9.60. The summed E-state index contributed by atoms with van der Waals surface area (Å²) >= 11 is 0. The molecule has 1 nitrogen and oxygen atoms in total. The van der Waals surface area contributed by atoms with Crippen molar-refractivity contribution in [2.24, 2.45) is 5.41 Å². The molecule has 0 heterocycles. The van der Waals surface area contributed by atoms with Crippen LogP contribution >= 0.6 is 0 Å². The SMILES string of the molecule is C=CC1(O)CC2(CCC2)C1. The summed E-state index contributed by atoms with van der Waals surface area (Å²) in [5, 5.41) is 9.60. The van der Waals surface area contributed by atoms with Gasteiger partial charge in [-0.15, -0.1) is 6.58 Å². The first-order valence-electron chi connectivity index (χ1n) is 4.04. The number of aliphatic hydroxyl groups is 1. The van der Waals surface area contributed by atoms with Gasteiger partial charge in [-0.1, -0.05) is 12.5 Å². The van der Waals surface area contributed by atoms with Crippen LogP contribution < -0.4 is 0 Å². The Hall–Kier alpha value is -0.300. The predicted octanol–water partition coefficient (Wildman–Crippen LogP) is 1.87. The highest BCUT2D eigenvalue weighted by atomic mass is 16.3. The van der Waals surface area contributed by atoms with E-state index in [0.29, 0.717) is 5.41 Å². The Morgan fingerprint density at radius 1 is 1.30 bits per heavy atom. The van der Waals surface area contributed by atoms with Gasteiger partial charge in [0.1, 0.15) is 0 Å². The lowest BCUT2D eigenvalue weighted by Gasteiger charge is -2.57. The quantitative estimate of drug-likeness (QED) is 0.548. The first-order chi connectivity index (χ1) is 4.68. The standard InChI is InChI=1S/C9H14O/c1-2-9(10)6-8(7-9)4-3-5-8/h2,10H,1,3-7H2. The van der Waals surface area contributed by atoms with Crippen molar-refractivity contribution in [1.82, 2.24) is 0 Å². The molecule has 0 aliphatic heterocycles. The smallest absolute Gasteiger partial charge is 0.0835 e. The Balaban J connectivity index is 1.98. The Morgan fingerprint density at radius 3 is 2.20 bits per heavy atom. The lowest BCUT2D eigenvalue weighted by Crippen LogP contribution is -2.53. The van der Waals surface area contributed by atoms with E-state index in [-0.39, 0.29) is 0 Å². The first kappa shape index (κ1) is 6.41. The van der Waals surface area contributed by atoms with Gasteiger partial charge in [-0.25, -0.2) is 0 Å². The molecule has 0 aromatic heterocycles. The summed E-state index contributed by atoms with van der Waals surface area (Å²) in [6.07, 6.45) is 7.70. The summed E-state index contributed by atoms with van der Waals surface area (Å²) in [5.74, 6) is 0. The highest BCUT2D eigenvalue weighted by molar-refractivity contribution is 5.14. The van der Waals surface area contributed by atoms with Gasteiger partial charge in [0.2, 0.25) is 0 Å². The van der Waals surface area contributed by atoms with Gasteiger partial charge in [0, 0.05) is 0 Å². The predicted molar refractivity (Wildman–Crippen MR) is 40.7 cm³/mol. The molecule has 2 aliphatic carbocycles. The zero-order valence-corrected chi connectivity index (χ0v) is 6.27. The van der Waals surface area contributed by atoms with Crippen LogP contribution in [0.5, 0.6) is 0 Å². The third-order valence-corrected chi connectivity index (χ3v) is 3.16. The molecule has 56 valence electrons. The summed E-state index contributed by atoms with van der Waals surface area (Å²) in [6.45, 7) is 3.63. The fourth-order valence-corrected chi connectivity index (χ4v) is 2.42. The van der Waals surface area contributed by atoms with E-state index in [2.05, 4.69) is 6.58 Å². The number of hydrogen-bond acceptors (Lipinski definition) is 1. The van der Waals surface area contributed by atoms with Crippen molar-refractivity contribution < 1.29 is 5.11 Å². The molecule has 0 radical (unpaired) electrons. The van der Waals surface area contributed by atoms with Crippen molar-refractivity contribution >= 4 is 0 Å². The monoisotopic (exact) mass is 138 g/mol. The van der Waals surface area contributed by atoms with Gasteiger partial charge < -0.3 is 5.11 Å². The van der Waals surface area contributed by atoms with Crippen LogP contribution in [0.25, 0.3) is 0 Å². The molecule has 2 rings (SSSR count). The third-order valence-electron chi connectivity index (χ3n) is 3.16. The Labute approximate surface area is 61.8 Å². The Bertz CT molecular complexity index is 160. The molecule has 0 atom stereocenters. The fourth-order valence-electron chi connectivity index (χ4n) is 2.42. The topological polar surface area (TPSA) is 20.2 Å². The van der Waals surface area contributed by atoms with Crippen LogP contribution in [0.3, 0.4) is 0 Å². The minimum absolute atomic E-state index is 0.486. The van der Waals surface area contributed by atoms with Crippen molar-refractivity contribution in [3.05, 3.63) is 12.7 Å². The van der Waals surface area contributed by atoms with Gasteiger partial charge in [-0.05, 0) is 31.1 Å². The van der Waals surface area contributed by atoms with Crippen molar-refractivity contribution in [2.45, 2.75) is 37.7 Å². The van der Waals surface area contributed by atoms with Crippen LogP contribution in [0.1, 0.15) is 32.1 Å². The molecule has 0 amide bonds. The van der Waals surface area contributed by atoms with E-state index in [0.717, 1.165) is 12.8 Å². The van der Waals surface area contributed by atoms with Gasteiger partial charge in [0.15, 0.2) is 0 Å². The fraction of sp³-hybridized carbons (Fsp3) is 0.778. The lowest BCUT2D eigenvalue weighted by molar-refractivity contribution is -0.131. The Morgan fingerprint density at radius 2 is 1.90 bits per heavy atom. The molecular weight excluding hydrogens is 124 g/mol. The molecule has 0 aromatic rings. The molecule has 1 N–H and O–H groups in total. The van der Waals surface area contributed by atoms with E-state index in [9.17, 15) is 5.11 Å². The molecule has 2 saturated carbocycles. The average Bonchev–Trinajstić information content (AvgIpc) is 1.77. The largest absolute Gasteiger partial charge is 0.386 e. The summed E-state index contributed by atoms with van der Waals surface area (Å²) < 4.78 is 0. The molecule has 0 unspecified atom stereocenters. The second-order valence-corrected chi connectivity index (χ2v) is 4.01. The maximum Gasteiger partial charge on any atom is 0.0835 e. The summed E-state index contributed by atoms with van der Waals surface area (Å²) in [6, 6.07) is 0. The summed E-state index contributed by atoms with van der Waals surface area (Å²) in [4.78, 5) is 0. The van der Waals surface area contributed by atoms with Crippen LogP contribution in [0, 0.1) is 5.41 Å². The molecule has 1 heteroatoms. The van der Waals surface area contributed by atoms with Gasteiger partial charge >= 0.3 is 0 Å². The van der Waals surface area contributed by atoms with E-state index in [1.54, 1.807) is 6.08 Å². The molecule has 0 saturated heterocycles. The van der Waals surface area contributed by atoms with Gasteiger partial charge in [-0.2, -0.15) is 0 Å². The zero-order chi connectivity index (χ0) is 7.24. The van der Waals surface area contributed by atoms with Gasteiger partial charge in [0.05, 0.1) is 5.60 Å². The minimum Gasteiger partial charge on any atom is -0.386 e. The van der Waals surface area contributed by atoms with Crippen molar-refractivity contribution in [3.8, 4) is 0 Å². The molecule has 1 spiro atoms.